The van der Waals surface area contributed by atoms with Crippen molar-refractivity contribution in [1.29, 1.82) is 0 Å². The minimum absolute atomic E-state index is 0.200. The Balaban J connectivity index is 1.86. The van der Waals surface area contributed by atoms with E-state index in [2.05, 4.69) is 14.3 Å². The van der Waals surface area contributed by atoms with Crippen LogP contribution in [0.25, 0.3) is 10.2 Å². The summed E-state index contributed by atoms with van der Waals surface area (Å²) in [5.41, 5.74) is 0.973. The average molecular weight is 369 g/mol. The Labute approximate surface area is 136 Å². The zero-order valence-corrected chi connectivity index (χ0v) is 13.7. The Morgan fingerprint density at radius 2 is 1.84 bits per heavy atom. The fourth-order valence-electron chi connectivity index (χ4n) is 1.34. The molecule has 0 atom stereocenters. The monoisotopic (exact) mass is 367 g/mol. The Bertz CT molecular complexity index is 686. The molecule has 19 heavy (non-hydrogen) atoms. The minimum Gasteiger partial charge on any atom is -0.229 e. The molecule has 0 spiro atoms. The van der Waals surface area contributed by atoms with Gasteiger partial charge in [-0.05, 0) is 35.4 Å². The molecule has 0 aliphatic rings. The number of hydrogen-bond donors (Lipinski definition) is 0. The quantitative estimate of drug-likeness (QED) is 0.588. The lowest BCUT2D eigenvalue weighted by molar-refractivity contribution is 1.01. The molecule has 0 unspecified atom stereocenters. The predicted molar refractivity (Wildman–Crippen MR) is 82.9 cm³/mol. The van der Waals surface area contributed by atoms with Crippen molar-refractivity contribution in [2.24, 2.45) is 0 Å². The summed E-state index contributed by atoms with van der Waals surface area (Å²) in [6, 6.07) is 7.95. The van der Waals surface area contributed by atoms with Crippen LogP contribution in [-0.2, 0) is 3.79 Å². The van der Waals surface area contributed by atoms with Crippen LogP contribution >= 0.6 is 69.4 Å². The third-order valence-corrected chi connectivity index (χ3v) is 5.47. The molecule has 0 aliphatic heterocycles. The highest BCUT2D eigenvalue weighted by Crippen LogP contribution is 2.40. The fraction of sp³-hybridized carbons (Fsp3) is 0.100. The van der Waals surface area contributed by atoms with Crippen LogP contribution < -0.4 is 0 Å². The first-order chi connectivity index (χ1) is 9.02. The van der Waals surface area contributed by atoms with E-state index in [0.717, 1.165) is 14.6 Å². The summed E-state index contributed by atoms with van der Waals surface area (Å²) < 4.78 is 5.19. The van der Waals surface area contributed by atoms with Crippen LogP contribution in [0.2, 0.25) is 0 Å². The third kappa shape index (κ3) is 3.15. The van der Waals surface area contributed by atoms with Gasteiger partial charge in [0.2, 0.25) is 0 Å². The molecular weight excluding hydrogens is 365 g/mol. The molecule has 3 nitrogen and oxygen atoms in total. The lowest BCUT2D eigenvalue weighted by Gasteiger charge is -2.02. The van der Waals surface area contributed by atoms with E-state index < -0.39 is 3.79 Å². The standard InChI is InChI=1S/C10H4Cl3N3S3/c11-10(12,13)7-15-9(19-16-7)18-8-14-5-3-1-2-4-6(5)17-8/h1-4H. The first-order valence-corrected chi connectivity index (χ1v) is 8.51. The van der Waals surface area contributed by atoms with E-state index in [9.17, 15) is 0 Å². The Hall–Kier alpha value is -0.110. The molecule has 0 saturated heterocycles. The molecule has 98 valence electrons. The molecular formula is C10H4Cl3N3S3. The van der Waals surface area contributed by atoms with Gasteiger partial charge in [0.25, 0.3) is 3.79 Å². The fourth-order valence-corrected chi connectivity index (χ4v) is 4.66. The van der Waals surface area contributed by atoms with Gasteiger partial charge in [-0.15, -0.1) is 11.3 Å². The molecule has 0 radical (unpaired) electrons. The van der Waals surface area contributed by atoms with Gasteiger partial charge in [0.05, 0.1) is 10.2 Å². The molecule has 0 bridgehead atoms. The van der Waals surface area contributed by atoms with Gasteiger partial charge in [-0.1, -0.05) is 46.9 Å². The highest BCUT2D eigenvalue weighted by Gasteiger charge is 2.28. The van der Waals surface area contributed by atoms with E-state index in [0.29, 0.717) is 4.34 Å². The van der Waals surface area contributed by atoms with Crippen molar-refractivity contribution >= 4 is 79.7 Å². The summed E-state index contributed by atoms with van der Waals surface area (Å²) in [5.74, 6) is 0.200. The van der Waals surface area contributed by atoms with Gasteiger partial charge >= 0.3 is 0 Å². The van der Waals surface area contributed by atoms with Gasteiger partial charge in [0.1, 0.15) is 0 Å². The first-order valence-electron chi connectivity index (χ1n) is 4.97. The largest absolute Gasteiger partial charge is 0.251 e. The van der Waals surface area contributed by atoms with Gasteiger partial charge in [0.15, 0.2) is 14.5 Å². The average Bonchev–Trinajstić information content (AvgIpc) is 2.94. The summed E-state index contributed by atoms with van der Waals surface area (Å²) in [7, 11) is 0. The second kappa shape index (κ2) is 5.35. The highest BCUT2D eigenvalue weighted by atomic mass is 35.6. The van der Waals surface area contributed by atoms with Crippen LogP contribution in [0.15, 0.2) is 32.9 Å². The van der Waals surface area contributed by atoms with Crippen LogP contribution in [0.3, 0.4) is 0 Å². The van der Waals surface area contributed by atoms with E-state index in [1.54, 1.807) is 11.3 Å². The summed E-state index contributed by atoms with van der Waals surface area (Å²) in [6.07, 6.45) is 0. The number of thiazole rings is 1. The van der Waals surface area contributed by atoms with E-state index in [-0.39, 0.29) is 5.82 Å². The Morgan fingerprint density at radius 1 is 1.05 bits per heavy atom. The van der Waals surface area contributed by atoms with Crippen molar-refractivity contribution in [2.75, 3.05) is 0 Å². The number of para-hydroxylation sites is 1. The smallest absolute Gasteiger partial charge is 0.229 e. The number of benzene rings is 1. The van der Waals surface area contributed by atoms with E-state index in [1.807, 2.05) is 24.3 Å². The van der Waals surface area contributed by atoms with Gasteiger partial charge in [-0.25, -0.2) is 9.97 Å². The van der Waals surface area contributed by atoms with Crippen LogP contribution in [0, 0.1) is 0 Å². The molecule has 2 aromatic heterocycles. The van der Waals surface area contributed by atoms with E-state index >= 15 is 0 Å². The summed E-state index contributed by atoms with van der Waals surface area (Å²) in [6.45, 7) is 0. The van der Waals surface area contributed by atoms with Crippen LogP contribution in [0.4, 0.5) is 0 Å². The van der Waals surface area contributed by atoms with Gasteiger partial charge in [-0.3, -0.25) is 0 Å². The molecule has 9 heteroatoms. The summed E-state index contributed by atoms with van der Waals surface area (Å²) >= 11 is 21.4. The van der Waals surface area contributed by atoms with Crippen molar-refractivity contribution in [2.45, 2.75) is 12.5 Å². The Kier molecular flexibility index (Phi) is 3.90. The predicted octanol–water partition coefficient (Wildman–Crippen LogP) is 5.13. The molecule has 0 fully saturated rings. The number of rotatable bonds is 2. The first kappa shape index (κ1) is 13.9. The summed E-state index contributed by atoms with van der Waals surface area (Å²) in [4.78, 5) is 8.69. The second-order valence-electron chi connectivity index (χ2n) is 3.43. The van der Waals surface area contributed by atoms with Gasteiger partial charge < -0.3 is 0 Å². The maximum atomic E-state index is 5.73. The normalized spacial score (nSPS) is 12.2. The maximum absolute atomic E-state index is 5.73. The minimum atomic E-state index is -1.58. The lowest BCUT2D eigenvalue weighted by atomic mass is 10.3. The number of aromatic nitrogens is 3. The molecule has 0 amide bonds. The van der Waals surface area contributed by atoms with Gasteiger partial charge in [-0.2, -0.15) is 4.37 Å². The van der Waals surface area contributed by atoms with Crippen LogP contribution in [0.5, 0.6) is 0 Å². The molecule has 3 aromatic rings. The SMILES string of the molecule is ClC(Cl)(Cl)c1nsc(Sc2nc3ccccc3s2)n1. The maximum Gasteiger partial charge on any atom is 0.251 e. The highest BCUT2D eigenvalue weighted by molar-refractivity contribution is 8.02. The molecule has 0 saturated carbocycles. The summed E-state index contributed by atoms with van der Waals surface area (Å²) in [5, 5.41) is 0. The number of hydrogen-bond acceptors (Lipinski definition) is 6. The lowest BCUT2D eigenvalue weighted by Crippen LogP contribution is -2.02. The second-order valence-corrected chi connectivity index (χ2v) is 8.99. The number of alkyl halides is 3. The zero-order chi connectivity index (χ0) is 13.5. The van der Waals surface area contributed by atoms with Crippen molar-refractivity contribution < 1.29 is 0 Å². The molecule has 0 N–H and O–H groups in total. The third-order valence-electron chi connectivity index (χ3n) is 2.11. The van der Waals surface area contributed by atoms with E-state index in [1.165, 1.54) is 23.3 Å². The van der Waals surface area contributed by atoms with Crippen molar-refractivity contribution in [3.8, 4) is 0 Å². The van der Waals surface area contributed by atoms with Gasteiger partial charge in [0, 0.05) is 0 Å². The molecule has 0 aliphatic carbocycles. The van der Waals surface area contributed by atoms with E-state index in [4.69, 9.17) is 34.8 Å². The number of halogens is 3. The van der Waals surface area contributed by atoms with Crippen LogP contribution in [0.1, 0.15) is 5.82 Å². The molecule has 3 rings (SSSR count). The van der Waals surface area contributed by atoms with Crippen molar-refractivity contribution in [1.82, 2.24) is 14.3 Å². The molecule has 1 aromatic carbocycles. The van der Waals surface area contributed by atoms with Crippen LogP contribution in [-0.4, -0.2) is 14.3 Å². The topological polar surface area (TPSA) is 38.7 Å². The zero-order valence-electron chi connectivity index (χ0n) is 9.01. The number of fused-ring (bicyclic) bond motifs is 1. The number of nitrogens with zero attached hydrogens (tertiary/aromatic N) is 3. The van der Waals surface area contributed by atoms with Crippen molar-refractivity contribution in [3.05, 3.63) is 30.1 Å². The van der Waals surface area contributed by atoms with Crippen molar-refractivity contribution in [3.63, 3.8) is 0 Å². The molecule has 2 heterocycles. The Morgan fingerprint density at radius 3 is 2.53 bits per heavy atom.